The molecule has 0 saturated carbocycles. The highest BCUT2D eigenvalue weighted by molar-refractivity contribution is 6.02. The molecular formula is C22H16F4N4O3. The SMILES string of the molecule is Cc1cc(-c2ccc(NC(=O)Nc3cccc(OC(F)(F)F)c3)c(F)c2)c2c(N)noc2c1. The summed E-state index contributed by atoms with van der Waals surface area (Å²) < 4.78 is 60.8. The van der Waals surface area contributed by atoms with Crippen molar-refractivity contribution in [2.45, 2.75) is 13.3 Å². The van der Waals surface area contributed by atoms with Crippen LogP contribution in [-0.2, 0) is 0 Å². The van der Waals surface area contributed by atoms with Gasteiger partial charge in [-0.05, 0) is 53.9 Å². The van der Waals surface area contributed by atoms with E-state index in [0.717, 1.165) is 17.7 Å². The van der Waals surface area contributed by atoms with E-state index in [-0.39, 0.29) is 17.2 Å². The van der Waals surface area contributed by atoms with E-state index < -0.39 is 24.0 Å². The molecule has 0 spiro atoms. The Morgan fingerprint density at radius 1 is 1.09 bits per heavy atom. The van der Waals surface area contributed by atoms with E-state index in [1.165, 1.54) is 24.3 Å². The number of anilines is 3. The molecule has 33 heavy (non-hydrogen) atoms. The molecule has 0 aliphatic rings. The highest BCUT2D eigenvalue weighted by atomic mass is 19.4. The largest absolute Gasteiger partial charge is 0.573 e. The molecule has 0 fully saturated rings. The van der Waals surface area contributed by atoms with Crippen molar-refractivity contribution >= 4 is 34.2 Å². The number of carbonyl (C=O) groups is 1. The molecule has 11 heteroatoms. The van der Waals surface area contributed by atoms with Crippen LogP contribution in [0.2, 0.25) is 0 Å². The summed E-state index contributed by atoms with van der Waals surface area (Å²) in [6.45, 7) is 1.84. The summed E-state index contributed by atoms with van der Waals surface area (Å²) in [5, 5.41) is 8.92. The number of nitrogens with one attached hydrogen (secondary N) is 2. The van der Waals surface area contributed by atoms with Gasteiger partial charge in [0, 0.05) is 11.8 Å². The van der Waals surface area contributed by atoms with Crippen molar-refractivity contribution < 1.29 is 31.6 Å². The lowest BCUT2D eigenvalue weighted by Crippen LogP contribution is -2.20. The average molecular weight is 460 g/mol. The minimum atomic E-state index is -4.87. The molecule has 0 atom stereocenters. The van der Waals surface area contributed by atoms with Crippen LogP contribution in [0.15, 0.2) is 59.1 Å². The lowest BCUT2D eigenvalue weighted by Gasteiger charge is -2.12. The smallest absolute Gasteiger partial charge is 0.406 e. The first-order valence-electron chi connectivity index (χ1n) is 9.48. The van der Waals surface area contributed by atoms with E-state index in [1.807, 2.05) is 6.92 Å². The van der Waals surface area contributed by atoms with Gasteiger partial charge in [-0.15, -0.1) is 13.2 Å². The lowest BCUT2D eigenvalue weighted by molar-refractivity contribution is -0.274. The summed E-state index contributed by atoms with van der Waals surface area (Å²) in [4.78, 5) is 12.2. The first-order valence-corrected chi connectivity index (χ1v) is 9.48. The van der Waals surface area contributed by atoms with Crippen LogP contribution >= 0.6 is 0 Å². The predicted octanol–water partition coefficient (Wildman–Crippen LogP) is 6.07. The zero-order chi connectivity index (χ0) is 23.8. The fourth-order valence-electron chi connectivity index (χ4n) is 3.30. The molecule has 4 N–H and O–H groups in total. The van der Waals surface area contributed by atoms with Gasteiger partial charge >= 0.3 is 12.4 Å². The molecule has 1 heterocycles. The lowest BCUT2D eigenvalue weighted by atomic mass is 9.99. The number of urea groups is 1. The number of hydrogen-bond acceptors (Lipinski definition) is 5. The van der Waals surface area contributed by atoms with Crippen LogP contribution in [0, 0.1) is 12.7 Å². The summed E-state index contributed by atoms with van der Waals surface area (Å²) in [6, 6.07) is 11.6. The molecule has 7 nitrogen and oxygen atoms in total. The van der Waals surface area contributed by atoms with Gasteiger partial charge in [0.2, 0.25) is 0 Å². The van der Waals surface area contributed by atoms with Gasteiger partial charge in [0.15, 0.2) is 11.4 Å². The number of nitrogens with two attached hydrogens (primary N) is 1. The topological polar surface area (TPSA) is 102 Å². The van der Waals surface area contributed by atoms with Gasteiger partial charge in [0.1, 0.15) is 11.6 Å². The van der Waals surface area contributed by atoms with Gasteiger partial charge in [-0.2, -0.15) is 0 Å². The summed E-state index contributed by atoms with van der Waals surface area (Å²) in [7, 11) is 0. The Morgan fingerprint density at radius 2 is 1.88 bits per heavy atom. The second-order valence-corrected chi connectivity index (χ2v) is 7.10. The Kier molecular flexibility index (Phi) is 5.54. The van der Waals surface area contributed by atoms with Crippen molar-refractivity contribution in [1.82, 2.24) is 5.16 Å². The molecular weight excluding hydrogens is 444 g/mol. The number of aryl methyl sites for hydroxylation is 1. The number of carbonyl (C=O) groups excluding carboxylic acids is 1. The van der Waals surface area contributed by atoms with Crippen LogP contribution in [0.25, 0.3) is 22.1 Å². The molecule has 0 aliphatic carbocycles. The Labute approximate surface area is 184 Å². The number of alkyl halides is 3. The summed E-state index contributed by atoms with van der Waals surface area (Å²) >= 11 is 0. The monoisotopic (exact) mass is 460 g/mol. The zero-order valence-corrected chi connectivity index (χ0v) is 17.0. The van der Waals surface area contributed by atoms with Crippen LogP contribution in [0.3, 0.4) is 0 Å². The molecule has 4 aromatic rings. The van der Waals surface area contributed by atoms with Gasteiger partial charge in [-0.1, -0.05) is 23.4 Å². The number of benzene rings is 3. The Morgan fingerprint density at radius 3 is 2.61 bits per heavy atom. The van der Waals surface area contributed by atoms with Crippen LogP contribution in [0.5, 0.6) is 5.75 Å². The van der Waals surface area contributed by atoms with Crippen LogP contribution in [-0.4, -0.2) is 17.6 Å². The third-order valence-corrected chi connectivity index (χ3v) is 4.60. The normalized spacial score (nSPS) is 11.4. The number of rotatable bonds is 4. The second-order valence-electron chi connectivity index (χ2n) is 7.10. The maximum atomic E-state index is 14.8. The van der Waals surface area contributed by atoms with Gasteiger partial charge in [0.05, 0.1) is 11.1 Å². The fraction of sp³-hybridized carbons (Fsp3) is 0.0909. The van der Waals surface area contributed by atoms with E-state index in [1.54, 1.807) is 18.2 Å². The highest BCUT2D eigenvalue weighted by Gasteiger charge is 2.31. The number of fused-ring (bicyclic) bond motifs is 1. The quantitative estimate of drug-likeness (QED) is 0.321. The number of nitrogens with zero attached hydrogens (tertiary/aromatic N) is 1. The third-order valence-electron chi connectivity index (χ3n) is 4.60. The third kappa shape index (κ3) is 4.97. The van der Waals surface area contributed by atoms with Crippen LogP contribution in [0.1, 0.15) is 5.56 Å². The predicted molar refractivity (Wildman–Crippen MR) is 114 cm³/mol. The van der Waals surface area contributed by atoms with E-state index in [2.05, 4.69) is 20.5 Å². The van der Waals surface area contributed by atoms with Gasteiger partial charge in [-0.25, -0.2) is 9.18 Å². The van der Waals surface area contributed by atoms with Crippen LogP contribution in [0.4, 0.5) is 39.5 Å². The van der Waals surface area contributed by atoms with Gasteiger partial charge < -0.3 is 25.6 Å². The van der Waals surface area contributed by atoms with Crippen LogP contribution < -0.4 is 21.1 Å². The van der Waals surface area contributed by atoms with Crippen molar-refractivity contribution in [2.75, 3.05) is 16.4 Å². The minimum absolute atomic E-state index is 0.0244. The first-order chi connectivity index (χ1) is 15.6. The maximum absolute atomic E-state index is 14.8. The fourth-order valence-corrected chi connectivity index (χ4v) is 3.30. The molecule has 0 saturated heterocycles. The minimum Gasteiger partial charge on any atom is -0.406 e. The maximum Gasteiger partial charge on any atom is 0.573 e. The number of aromatic nitrogens is 1. The van der Waals surface area contributed by atoms with Crippen molar-refractivity contribution in [2.24, 2.45) is 0 Å². The number of ether oxygens (including phenoxy) is 1. The molecule has 2 amide bonds. The molecule has 4 rings (SSSR count). The molecule has 0 unspecified atom stereocenters. The Hall–Kier alpha value is -4.28. The van der Waals surface area contributed by atoms with Gasteiger partial charge in [-0.3, -0.25) is 0 Å². The number of nitrogen functional groups attached to an aromatic ring is 1. The van der Waals surface area contributed by atoms with Gasteiger partial charge in [0.25, 0.3) is 0 Å². The van der Waals surface area contributed by atoms with E-state index >= 15 is 0 Å². The Balaban J connectivity index is 1.53. The summed E-state index contributed by atoms with van der Waals surface area (Å²) in [5.41, 5.74) is 8.18. The number of halogens is 4. The van der Waals surface area contributed by atoms with Crippen molar-refractivity contribution in [3.8, 4) is 16.9 Å². The molecule has 0 radical (unpaired) electrons. The standard InChI is InChI=1S/C22H16F4N4O3/c1-11-7-15(19-18(8-11)33-30-20(19)27)12-5-6-17(16(23)9-12)29-21(31)28-13-3-2-4-14(10-13)32-22(24,25)26/h2-10H,1H3,(H2,27,30)(H2,28,29,31). The average Bonchev–Trinajstić information content (AvgIpc) is 3.08. The molecule has 3 aromatic carbocycles. The number of hydrogen-bond donors (Lipinski definition) is 3. The molecule has 1 aromatic heterocycles. The van der Waals surface area contributed by atoms with E-state index in [0.29, 0.717) is 22.1 Å². The summed E-state index contributed by atoms with van der Waals surface area (Å²) in [6.07, 6.45) is -4.87. The summed E-state index contributed by atoms with van der Waals surface area (Å²) in [5.74, 6) is -1.08. The molecule has 0 aliphatic heterocycles. The number of amides is 2. The van der Waals surface area contributed by atoms with E-state index in [9.17, 15) is 22.4 Å². The van der Waals surface area contributed by atoms with Crippen molar-refractivity contribution in [3.63, 3.8) is 0 Å². The highest BCUT2D eigenvalue weighted by Crippen LogP contribution is 2.35. The molecule has 0 bridgehead atoms. The van der Waals surface area contributed by atoms with E-state index in [4.69, 9.17) is 10.3 Å². The van der Waals surface area contributed by atoms with Crippen molar-refractivity contribution in [1.29, 1.82) is 0 Å². The Bertz CT molecular complexity index is 1350. The second kappa shape index (κ2) is 8.34. The zero-order valence-electron chi connectivity index (χ0n) is 17.0. The van der Waals surface area contributed by atoms with Crippen molar-refractivity contribution in [3.05, 3.63) is 66.0 Å². The molecule has 170 valence electrons. The first kappa shape index (κ1) is 21.9.